The first-order chi connectivity index (χ1) is 12.5. The summed E-state index contributed by atoms with van der Waals surface area (Å²) in [6.45, 7) is 2.57. The molecule has 0 N–H and O–H groups in total. The van der Waals surface area contributed by atoms with E-state index in [-0.39, 0.29) is 0 Å². The molecule has 6 saturated carbocycles. The molecule has 0 aromatic carbocycles. The van der Waals surface area contributed by atoms with E-state index >= 15 is 0 Å². The van der Waals surface area contributed by atoms with Crippen molar-refractivity contribution in [2.24, 2.45) is 27.6 Å². The highest BCUT2D eigenvalue weighted by Crippen LogP contribution is 2.67. The molecular weight excluding hydrogens is 312 g/mol. The normalized spacial score (nSPS) is 48.3. The predicted molar refractivity (Wildman–Crippen MR) is 111 cm³/mol. The molecule has 4 bridgehead atoms. The van der Waals surface area contributed by atoms with Crippen molar-refractivity contribution < 1.29 is 0 Å². The van der Waals surface area contributed by atoms with Crippen LogP contribution in [0.25, 0.3) is 0 Å². The second kappa shape index (κ2) is 6.52. The van der Waals surface area contributed by atoms with Crippen molar-refractivity contribution in [2.75, 3.05) is 0 Å². The Morgan fingerprint density at radius 2 is 1.08 bits per heavy atom. The van der Waals surface area contributed by atoms with E-state index in [9.17, 15) is 0 Å². The van der Waals surface area contributed by atoms with Crippen molar-refractivity contribution in [3.8, 4) is 0 Å². The van der Waals surface area contributed by atoms with Gasteiger partial charge in [0.2, 0.25) is 0 Å². The van der Waals surface area contributed by atoms with Gasteiger partial charge in [-0.15, -0.1) is 0 Å². The summed E-state index contributed by atoms with van der Waals surface area (Å²) < 4.78 is 0. The van der Waals surface area contributed by atoms with E-state index in [1.807, 2.05) is 0 Å². The maximum atomic E-state index is 2.57. The first-order valence-corrected chi connectivity index (χ1v) is 12.5. The van der Waals surface area contributed by atoms with Crippen molar-refractivity contribution in [2.45, 2.75) is 135 Å². The second-order valence-electron chi connectivity index (χ2n) is 12.5. The quantitative estimate of drug-likeness (QED) is 0.448. The minimum atomic E-state index is 0.745. The average molecular weight is 357 g/mol. The lowest BCUT2D eigenvalue weighted by molar-refractivity contribution is -0.0112. The number of rotatable bonds is 6. The van der Waals surface area contributed by atoms with Crippen LogP contribution in [0.4, 0.5) is 0 Å². The zero-order valence-corrected chi connectivity index (χ0v) is 17.7. The fourth-order valence-electron chi connectivity index (χ4n) is 8.48. The lowest BCUT2D eigenvalue weighted by Gasteiger charge is -2.53. The van der Waals surface area contributed by atoms with Gasteiger partial charge in [-0.3, -0.25) is 0 Å². The highest BCUT2D eigenvalue weighted by Gasteiger charge is 2.54. The third-order valence-corrected chi connectivity index (χ3v) is 10.9. The second-order valence-corrected chi connectivity index (χ2v) is 12.5. The topological polar surface area (TPSA) is 0 Å². The molecule has 0 saturated heterocycles. The summed E-state index contributed by atoms with van der Waals surface area (Å²) in [5.41, 5.74) is 3.16. The maximum absolute atomic E-state index is 2.57. The summed E-state index contributed by atoms with van der Waals surface area (Å²) in [7, 11) is 0. The minimum Gasteiger partial charge on any atom is -0.0596 e. The summed E-state index contributed by atoms with van der Waals surface area (Å²) in [6.07, 6.45) is 31.5. The molecular formula is C26H44. The number of fused-ring (bicyclic) bond motifs is 5. The lowest BCUT2D eigenvalue weighted by Crippen LogP contribution is -2.40. The Labute approximate surface area is 163 Å². The molecule has 6 aliphatic carbocycles. The highest BCUT2D eigenvalue weighted by molar-refractivity contribution is 5.06. The van der Waals surface area contributed by atoms with Crippen LogP contribution in [-0.4, -0.2) is 0 Å². The van der Waals surface area contributed by atoms with Crippen LogP contribution in [0, 0.1) is 27.6 Å². The van der Waals surface area contributed by atoms with Crippen molar-refractivity contribution in [3.63, 3.8) is 0 Å². The van der Waals surface area contributed by atoms with Gasteiger partial charge in [0.25, 0.3) is 0 Å². The van der Waals surface area contributed by atoms with E-state index in [4.69, 9.17) is 0 Å². The third kappa shape index (κ3) is 3.30. The molecule has 0 radical (unpaired) electrons. The summed E-state index contributed by atoms with van der Waals surface area (Å²) in [5.74, 6) is 1.10. The standard InChI is InChI=1S/C26H44/c1-23-9-12-24(13-10-23,14-11-23)15-16-26-19-17-25(21-26,18-20-26)8-7-22-5-3-2-4-6-22/h22H,2-21H2,1H3. The van der Waals surface area contributed by atoms with E-state index in [1.165, 1.54) is 19.3 Å². The van der Waals surface area contributed by atoms with Gasteiger partial charge >= 0.3 is 0 Å². The molecule has 0 heteroatoms. The minimum absolute atomic E-state index is 0.745. The van der Waals surface area contributed by atoms with Gasteiger partial charge < -0.3 is 0 Å². The predicted octanol–water partition coefficient (Wildman–Crippen LogP) is 8.44. The van der Waals surface area contributed by atoms with Crippen LogP contribution < -0.4 is 0 Å². The van der Waals surface area contributed by atoms with Gasteiger partial charge in [0.15, 0.2) is 0 Å². The Balaban J connectivity index is 1.14. The Bertz CT molecular complexity index is 476. The Hall–Kier alpha value is 0. The van der Waals surface area contributed by atoms with Gasteiger partial charge in [-0.2, -0.15) is 0 Å². The van der Waals surface area contributed by atoms with Gasteiger partial charge in [0.1, 0.15) is 0 Å². The summed E-state index contributed by atoms with van der Waals surface area (Å²) in [6, 6.07) is 0. The smallest absolute Gasteiger partial charge is 0.0292 e. The van der Waals surface area contributed by atoms with Gasteiger partial charge in [-0.25, -0.2) is 0 Å². The monoisotopic (exact) mass is 356 g/mol. The fraction of sp³-hybridized carbons (Fsp3) is 1.00. The Morgan fingerprint density at radius 1 is 0.577 bits per heavy atom. The van der Waals surface area contributed by atoms with E-state index < -0.39 is 0 Å². The average Bonchev–Trinajstić information content (AvgIpc) is 3.24. The Morgan fingerprint density at radius 3 is 1.69 bits per heavy atom. The molecule has 0 aliphatic heterocycles. The van der Waals surface area contributed by atoms with Crippen molar-refractivity contribution in [1.82, 2.24) is 0 Å². The molecule has 148 valence electrons. The van der Waals surface area contributed by atoms with E-state index in [0.29, 0.717) is 0 Å². The molecule has 6 aliphatic rings. The molecule has 0 unspecified atom stereocenters. The SMILES string of the molecule is CC12CCC(CCC34CCC(CCC5CCCCC5)(CC3)C4)(CC1)CC2. The molecule has 0 heterocycles. The molecule has 0 aromatic heterocycles. The molecule has 0 spiro atoms. The van der Waals surface area contributed by atoms with Crippen LogP contribution in [0.5, 0.6) is 0 Å². The molecule has 0 nitrogen and oxygen atoms in total. The van der Waals surface area contributed by atoms with Gasteiger partial charge in [0, 0.05) is 0 Å². The summed E-state index contributed by atoms with van der Waals surface area (Å²) in [4.78, 5) is 0. The number of hydrogen-bond donors (Lipinski definition) is 0. The maximum Gasteiger partial charge on any atom is -0.0292 e. The summed E-state index contributed by atoms with van der Waals surface area (Å²) in [5, 5.41) is 0. The molecule has 0 amide bonds. The first-order valence-electron chi connectivity index (χ1n) is 12.5. The third-order valence-electron chi connectivity index (χ3n) is 10.9. The Kier molecular flexibility index (Phi) is 4.53. The lowest BCUT2D eigenvalue weighted by atomic mass is 9.52. The van der Waals surface area contributed by atoms with E-state index in [0.717, 1.165) is 27.6 Å². The van der Waals surface area contributed by atoms with E-state index in [2.05, 4.69) is 6.92 Å². The van der Waals surface area contributed by atoms with Gasteiger partial charge in [-0.1, -0.05) is 39.0 Å². The van der Waals surface area contributed by atoms with Crippen molar-refractivity contribution in [1.29, 1.82) is 0 Å². The van der Waals surface area contributed by atoms with Gasteiger partial charge in [-0.05, 0) is 124 Å². The summed E-state index contributed by atoms with van der Waals surface area (Å²) >= 11 is 0. The molecule has 0 atom stereocenters. The fourth-order valence-corrected chi connectivity index (χ4v) is 8.48. The van der Waals surface area contributed by atoms with Crippen LogP contribution in [0.15, 0.2) is 0 Å². The molecule has 6 fully saturated rings. The molecule has 0 aromatic rings. The number of hydrogen-bond acceptors (Lipinski definition) is 0. The zero-order valence-electron chi connectivity index (χ0n) is 17.7. The van der Waals surface area contributed by atoms with Crippen LogP contribution >= 0.6 is 0 Å². The highest BCUT2D eigenvalue weighted by atomic mass is 14.6. The molecule has 26 heavy (non-hydrogen) atoms. The molecule has 6 rings (SSSR count). The van der Waals surface area contributed by atoms with Crippen LogP contribution in [-0.2, 0) is 0 Å². The zero-order chi connectivity index (χ0) is 17.7. The van der Waals surface area contributed by atoms with Crippen LogP contribution in [0.3, 0.4) is 0 Å². The first kappa shape index (κ1) is 18.1. The van der Waals surface area contributed by atoms with Crippen LogP contribution in [0.2, 0.25) is 0 Å². The van der Waals surface area contributed by atoms with Crippen molar-refractivity contribution in [3.05, 3.63) is 0 Å². The van der Waals surface area contributed by atoms with Crippen LogP contribution in [0.1, 0.15) is 135 Å². The van der Waals surface area contributed by atoms with Crippen molar-refractivity contribution >= 4 is 0 Å². The van der Waals surface area contributed by atoms with E-state index in [1.54, 1.807) is 109 Å². The van der Waals surface area contributed by atoms with Gasteiger partial charge in [0.05, 0.1) is 0 Å². The largest absolute Gasteiger partial charge is 0.0596 e.